The van der Waals surface area contributed by atoms with E-state index in [9.17, 15) is 8.42 Å². The van der Waals surface area contributed by atoms with Crippen molar-refractivity contribution < 1.29 is 13.2 Å². The maximum atomic E-state index is 11.9. The van der Waals surface area contributed by atoms with Gasteiger partial charge in [-0.2, -0.15) is 17.0 Å². The van der Waals surface area contributed by atoms with E-state index in [1.54, 1.807) is 6.92 Å². The smallest absolute Gasteiger partial charge is 0.283 e. The first-order chi connectivity index (χ1) is 6.54. The van der Waals surface area contributed by atoms with Gasteiger partial charge in [0.2, 0.25) is 0 Å². The topological polar surface area (TPSA) is 49.9 Å². The van der Waals surface area contributed by atoms with E-state index >= 15 is 0 Å². The summed E-state index contributed by atoms with van der Waals surface area (Å²) in [5, 5.41) is 0. The van der Waals surface area contributed by atoms with Gasteiger partial charge in [-0.05, 0) is 0 Å². The van der Waals surface area contributed by atoms with E-state index < -0.39 is 10.2 Å². The first kappa shape index (κ1) is 13.8. The lowest BCUT2D eigenvalue weighted by Crippen LogP contribution is -2.44. The van der Waals surface area contributed by atoms with Gasteiger partial charge in [-0.25, -0.2) is 0 Å². The number of hydrogen-bond acceptors (Lipinski definition) is 3. The highest BCUT2D eigenvalue weighted by Crippen LogP contribution is 2.07. The molecule has 0 saturated carbocycles. The molecule has 0 amide bonds. The zero-order valence-electron chi connectivity index (χ0n) is 9.36. The minimum absolute atomic E-state index is 0.106. The van der Waals surface area contributed by atoms with Crippen LogP contribution < -0.4 is 0 Å². The van der Waals surface area contributed by atoms with E-state index in [0.29, 0.717) is 19.6 Å². The highest BCUT2D eigenvalue weighted by molar-refractivity contribution is 7.86. The summed E-state index contributed by atoms with van der Waals surface area (Å²) in [6, 6.07) is 0. The van der Waals surface area contributed by atoms with Gasteiger partial charge in [0.1, 0.15) is 6.73 Å². The molecule has 0 rings (SSSR count). The van der Waals surface area contributed by atoms with E-state index in [-0.39, 0.29) is 6.73 Å². The van der Waals surface area contributed by atoms with Crippen LogP contribution in [0.5, 0.6) is 0 Å². The summed E-state index contributed by atoms with van der Waals surface area (Å²) in [5.41, 5.74) is 0. The van der Waals surface area contributed by atoms with Gasteiger partial charge >= 0.3 is 0 Å². The van der Waals surface area contributed by atoms with Crippen LogP contribution in [0.3, 0.4) is 0 Å². The van der Waals surface area contributed by atoms with Crippen LogP contribution in [0.2, 0.25) is 0 Å². The lowest BCUT2D eigenvalue weighted by atomic mass is 10.7. The van der Waals surface area contributed by atoms with Crippen LogP contribution in [0.1, 0.15) is 20.8 Å². The van der Waals surface area contributed by atoms with E-state index in [0.717, 1.165) is 0 Å². The number of hydrogen-bond donors (Lipinski definition) is 0. The number of nitrogens with zero attached hydrogens (tertiary/aromatic N) is 2. The molecule has 0 fully saturated rings. The Balaban J connectivity index is 4.71. The molecule has 0 aromatic rings. The fourth-order valence-electron chi connectivity index (χ4n) is 1.18. The maximum Gasteiger partial charge on any atom is 0.283 e. The summed E-state index contributed by atoms with van der Waals surface area (Å²) in [5.74, 6) is 0. The Kier molecular flexibility index (Phi) is 6.26. The van der Waals surface area contributed by atoms with Crippen LogP contribution in [0.4, 0.5) is 0 Å². The van der Waals surface area contributed by atoms with Crippen molar-refractivity contribution in [1.82, 2.24) is 8.61 Å². The molecule has 0 atom stereocenters. The maximum absolute atomic E-state index is 11.9. The molecule has 0 bridgehead atoms. The Bertz CT molecular complexity index is 237. The quantitative estimate of drug-likeness (QED) is 0.592. The van der Waals surface area contributed by atoms with Gasteiger partial charge in [0.25, 0.3) is 10.2 Å². The van der Waals surface area contributed by atoms with E-state index in [4.69, 9.17) is 4.74 Å². The number of methoxy groups -OCH3 is 1. The second-order valence-corrected chi connectivity index (χ2v) is 4.71. The average molecular weight is 224 g/mol. The lowest BCUT2D eigenvalue weighted by molar-refractivity contribution is 0.115. The molecule has 0 saturated heterocycles. The molecule has 0 aliphatic carbocycles. The van der Waals surface area contributed by atoms with E-state index in [1.165, 1.54) is 15.7 Å². The van der Waals surface area contributed by atoms with Crippen LogP contribution in [-0.4, -0.2) is 50.5 Å². The minimum atomic E-state index is -3.33. The normalized spacial score (nSPS) is 12.7. The van der Waals surface area contributed by atoms with Gasteiger partial charge in [0, 0.05) is 26.7 Å². The Morgan fingerprint density at radius 2 is 1.43 bits per heavy atom. The molecule has 0 aliphatic rings. The van der Waals surface area contributed by atoms with Gasteiger partial charge in [-0.1, -0.05) is 20.8 Å². The summed E-state index contributed by atoms with van der Waals surface area (Å²) in [4.78, 5) is 0. The van der Waals surface area contributed by atoms with Gasteiger partial charge in [0.15, 0.2) is 0 Å². The van der Waals surface area contributed by atoms with E-state index in [1.807, 2.05) is 13.8 Å². The highest BCUT2D eigenvalue weighted by atomic mass is 32.2. The summed E-state index contributed by atoms with van der Waals surface area (Å²) in [6.07, 6.45) is 0. The minimum Gasteiger partial charge on any atom is -0.368 e. The fourth-order valence-corrected chi connectivity index (χ4v) is 2.72. The molecular formula is C8H20N2O3S. The van der Waals surface area contributed by atoms with Crippen molar-refractivity contribution >= 4 is 10.2 Å². The Morgan fingerprint density at radius 3 is 1.71 bits per heavy atom. The molecule has 0 aromatic heterocycles. The Morgan fingerprint density at radius 1 is 1.00 bits per heavy atom. The van der Waals surface area contributed by atoms with Crippen molar-refractivity contribution in [2.24, 2.45) is 0 Å². The standard InChI is InChI=1S/C8H20N2O3S/c1-5-9(6-2)14(11,12)10(7-3)8-13-4/h5-8H2,1-4H3. The predicted molar refractivity (Wildman–Crippen MR) is 56.1 cm³/mol. The van der Waals surface area contributed by atoms with Crippen molar-refractivity contribution in [3.05, 3.63) is 0 Å². The Hall–Kier alpha value is -0.170. The molecule has 0 unspecified atom stereocenters. The Labute approximate surface area is 86.8 Å². The predicted octanol–water partition coefficient (Wildman–Crippen LogP) is 0.499. The molecule has 5 nitrogen and oxygen atoms in total. The third-order valence-electron chi connectivity index (χ3n) is 1.98. The molecule has 0 N–H and O–H groups in total. The van der Waals surface area contributed by atoms with Crippen LogP contribution in [0.15, 0.2) is 0 Å². The summed E-state index contributed by atoms with van der Waals surface area (Å²) >= 11 is 0. The number of ether oxygens (including phenoxy) is 1. The molecule has 0 spiro atoms. The summed E-state index contributed by atoms with van der Waals surface area (Å²) < 4.78 is 31.3. The lowest BCUT2D eigenvalue weighted by Gasteiger charge is -2.26. The molecular weight excluding hydrogens is 204 g/mol. The first-order valence-corrected chi connectivity index (χ1v) is 6.18. The first-order valence-electron chi connectivity index (χ1n) is 4.78. The molecule has 0 aromatic carbocycles. The van der Waals surface area contributed by atoms with Crippen molar-refractivity contribution in [3.8, 4) is 0 Å². The SMILES string of the molecule is CCN(CC)S(=O)(=O)N(CC)COC. The highest BCUT2D eigenvalue weighted by Gasteiger charge is 2.25. The van der Waals surface area contributed by atoms with Crippen molar-refractivity contribution in [3.63, 3.8) is 0 Å². The van der Waals surface area contributed by atoms with Crippen LogP contribution in [-0.2, 0) is 14.9 Å². The second kappa shape index (κ2) is 6.34. The molecule has 0 aliphatic heterocycles. The van der Waals surface area contributed by atoms with Crippen molar-refractivity contribution in [1.29, 1.82) is 0 Å². The monoisotopic (exact) mass is 224 g/mol. The van der Waals surface area contributed by atoms with Crippen LogP contribution in [0, 0.1) is 0 Å². The van der Waals surface area contributed by atoms with Crippen molar-refractivity contribution in [2.45, 2.75) is 20.8 Å². The van der Waals surface area contributed by atoms with Crippen molar-refractivity contribution in [2.75, 3.05) is 33.5 Å². The molecule has 6 heteroatoms. The third kappa shape index (κ3) is 3.20. The molecule has 86 valence electrons. The third-order valence-corrected chi connectivity index (χ3v) is 4.17. The van der Waals surface area contributed by atoms with E-state index in [2.05, 4.69) is 0 Å². The van der Waals surface area contributed by atoms with Gasteiger partial charge in [-0.3, -0.25) is 0 Å². The zero-order valence-corrected chi connectivity index (χ0v) is 10.2. The van der Waals surface area contributed by atoms with Crippen LogP contribution in [0.25, 0.3) is 0 Å². The molecule has 0 heterocycles. The molecule has 0 radical (unpaired) electrons. The molecule has 14 heavy (non-hydrogen) atoms. The second-order valence-electron chi connectivity index (χ2n) is 2.78. The summed E-state index contributed by atoms with van der Waals surface area (Å²) in [7, 11) is -1.85. The van der Waals surface area contributed by atoms with Gasteiger partial charge in [0.05, 0.1) is 0 Å². The summed E-state index contributed by atoms with van der Waals surface area (Å²) in [6.45, 7) is 6.93. The van der Waals surface area contributed by atoms with Gasteiger partial charge < -0.3 is 4.74 Å². The average Bonchev–Trinajstić information content (AvgIpc) is 2.15. The zero-order chi connectivity index (χ0) is 11.2. The van der Waals surface area contributed by atoms with Gasteiger partial charge in [-0.15, -0.1) is 0 Å². The fraction of sp³-hybridized carbons (Fsp3) is 1.00. The number of rotatable bonds is 7. The largest absolute Gasteiger partial charge is 0.368 e. The van der Waals surface area contributed by atoms with Crippen LogP contribution >= 0.6 is 0 Å².